The van der Waals surface area contributed by atoms with Crippen LogP contribution in [0.3, 0.4) is 0 Å². The molecular weight excluding hydrogens is 244 g/mol. The molecule has 2 atom stereocenters. The number of thioether (sulfide) groups is 1. The van der Waals surface area contributed by atoms with E-state index >= 15 is 0 Å². The van der Waals surface area contributed by atoms with E-state index in [-0.39, 0.29) is 5.91 Å². The van der Waals surface area contributed by atoms with Gasteiger partial charge in [-0.05, 0) is 29.9 Å². The fourth-order valence-corrected chi connectivity index (χ4v) is 2.40. The summed E-state index contributed by atoms with van der Waals surface area (Å²) in [7, 11) is 0. The van der Waals surface area contributed by atoms with Crippen LogP contribution in [0.4, 0.5) is 0 Å². The van der Waals surface area contributed by atoms with Crippen molar-refractivity contribution in [2.75, 3.05) is 18.6 Å². The van der Waals surface area contributed by atoms with Crippen molar-refractivity contribution in [1.29, 1.82) is 0 Å². The number of hydrogen-bond donors (Lipinski definition) is 2. The van der Waals surface area contributed by atoms with Gasteiger partial charge in [0.25, 0.3) is 0 Å². The molecule has 1 rings (SSSR count). The lowest BCUT2D eigenvalue weighted by molar-refractivity contribution is -0.122. The van der Waals surface area contributed by atoms with Gasteiger partial charge in [-0.15, -0.1) is 0 Å². The lowest BCUT2D eigenvalue weighted by atomic mass is 10.1. The Kier molecular flexibility index (Phi) is 6.83. The minimum Gasteiger partial charge on any atom is -0.354 e. The average Bonchev–Trinajstić information content (AvgIpc) is 2.37. The highest BCUT2D eigenvalue weighted by atomic mass is 32.2. The molecule has 0 radical (unpaired) electrons. The molecule has 1 aromatic carbocycles. The molecule has 0 aliphatic heterocycles. The van der Waals surface area contributed by atoms with E-state index in [4.69, 9.17) is 5.73 Å². The molecule has 1 aromatic rings. The van der Waals surface area contributed by atoms with Gasteiger partial charge in [-0.1, -0.05) is 37.3 Å². The van der Waals surface area contributed by atoms with Crippen LogP contribution in [0.15, 0.2) is 30.3 Å². The molecule has 0 aliphatic carbocycles. The van der Waals surface area contributed by atoms with E-state index in [0.717, 1.165) is 11.3 Å². The molecule has 0 fully saturated rings. The Bertz CT molecular complexity index is 356. The average molecular weight is 266 g/mol. The first-order valence-electron chi connectivity index (χ1n) is 6.19. The predicted molar refractivity (Wildman–Crippen MR) is 78.7 cm³/mol. The van der Waals surface area contributed by atoms with Crippen LogP contribution in [0.5, 0.6) is 0 Å². The molecule has 0 bridgehead atoms. The third-order valence-corrected chi connectivity index (χ3v) is 3.61. The third kappa shape index (κ3) is 5.56. The number of benzene rings is 1. The van der Waals surface area contributed by atoms with Gasteiger partial charge in [0.05, 0.1) is 6.04 Å². The van der Waals surface area contributed by atoms with Crippen LogP contribution >= 0.6 is 11.8 Å². The second-order valence-electron chi connectivity index (χ2n) is 4.60. The highest BCUT2D eigenvalue weighted by Gasteiger charge is 2.14. The maximum Gasteiger partial charge on any atom is 0.237 e. The minimum atomic E-state index is -0.464. The Morgan fingerprint density at radius 1 is 1.39 bits per heavy atom. The largest absolute Gasteiger partial charge is 0.354 e. The van der Waals surface area contributed by atoms with E-state index < -0.39 is 6.04 Å². The number of nitrogens with one attached hydrogen (secondary N) is 1. The number of nitrogens with two attached hydrogens (primary N) is 1. The molecule has 0 aromatic heterocycles. The number of rotatable bonds is 7. The minimum absolute atomic E-state index is 0.0631. The van der Waals surface area contributed by atoms with Crippen LogP contribution in [0.1, 0.15) is 12.5 Å². The van der Waals surface area contributed by atoms with Gasteiger partial charge in [0, 0.05) is 6.54 Å². The molecule has 3 N–H and O–H groups in total. The van der Waals surface area contributed by atoms with Crippen LogP contribution in [0.25, 0.3) is 0 Å². The van der Waals surface area contributed by atoms with Gasteiger partial charge >= 0.3 is 0 Å². The van der Waals surface area contributed by atoms with Crippen LogP contribution < -0.4 is 11.1 Å². The smallest absolute Gasteiger partial charge is 0.237 e. The van der Waals surface area contributed by atoms with Crippen molar-refractivity contribution in [3.05, 3.63) is 35.9 Å². The second-order valence-corrected chi connectivity index (χ2v) is 5.51. The van der Waals surface area contributed by atoms with Crippen molar-refractivity contribution in [2.24, 2.45) is 11.7 Å². The van der Waals surface area contributed by atoms with Crippen LogP contribution in [-0.2, 0) is 11.2 Å². The van der Waals surface area contributed by atoms with Crippen molar-refractivity contribution < 1.29 is 4.79 Å². The summed E-state index contributed by atoms with van der Waals surface area (Å²) in [6.45, 7) is 2.82. The number of amides is 1. The summed E-state index contributed by atoms with van der Waals surface area (Å²) in [5.41, 5.74) is 6.99. The monoisotopic (exact) mass is 266 g/mol. The summed E-state index contributed by atoms with van der Waals surface area (Å²) >= 11 is 1.79. The van der Waals surface area contributed by atoms with Gasteiger partial charge in [-0.25, -0.2) is 0 Å². The fourth-order valence-electron chi connectivity index (χ4n) is 1.71. The van der Waals surface area contributed by atoms with Gasteiger partial charge < -0.3 is 11.1 Å². The SMILES string of the molecule is CSCC(C)CNC(=O)C(N)Cc1ccccc1. The summed E-state index contributed by atoms with van der Waals surface area (Å²) in [5, 5.41) is 2.91. The summed E-state index contributed by atoms with van der Waals surface area (Å²) in [6, 6.07) is 9.39. The molecule has 0 heterocycles. The van der Waals surface area contributed by atoms with E-state index in [1.165, 1.54) is 0 Å². The first-order chi connectivity index (χ1) is 8.63. The van der Waals surface area contributed by atoms with Crippen LogP contribution in [-0.4, -0.2) is 30.5 Å². The summed E-state index contributed by atoms with van der Waals surface area (Å²) < 4.78 is 0. The summed E-state index contributed by atoms with van der Waals surface area (Å²) in [4.78, 5) is 11.8. The van der Waals surface area contributed by atoms with Crippen molar-refractivity contribution in [2.45, 2.75) is 19.4 Å². The Balaban J connectivity index is 2.33. The lowest BCUT2D eigenvalue weighted by Gasteiger charge is -2.15. The van der Waals surface area contributed by atoms with Gasteiger partial charge in [-0.2, -0.15) is 11.8 Å². The predicted octanol–water partition coefficient (Wildman–Crippen LogP) is 1.67. The standard InChI is InChI=1S/C14H22N2OS/c1-11(10-18-2)9-16-14(17)13(15)8-12-6-4-3-5-7-12/h3-7,11,13H,8-10,15H2,1-2H3,(H,16,17). The number of carbonyl (C=O) groups is 1. The first kappa shape index (κ1) is 15.1. The van der Waals surface area contributed by atoms with E-state index in [0.29, 0.717) is 18.9 Å². The summed E-state index contributed by atoms with van der Waals surface area (Å²) in [5.74, 6) is 1.47. The van der Waals surface area contributed by atoms with Crippen molar-refractivity contribution >= 4 is 17.7 Å². The van der Waals surface area contributed by atoms with Gasteiger partial charge in [0.15, 0.2) is 0 Å². The number of hydrogen-bond acceptors (Lipinski definition) is 3. The molecule has 100 valence electrons. The van der Waals surface area contributed by atoms with E-state index in [9.17, 15) is 4.79 Å². The normalized spacial score (nSPS) is 13.9. The van der Waals surface area contributed by atoms with Crippen molar-refractivity contribution in [3.63, 3.8) is 0 Å². The quantitative estimate of drug-likeness (QED) is 0.789. The van der Waals surface area contributed by atoms with Gasteiger partial charge in [0.1, 0.15) is 0 Å². The Morgan fingerprint density at radius 2 is 2.06 bits per heavy atom. The maximum atomic E-state index is 11.8. The van der Waals surface area contributed by atoms with Crippen molar-refractivity contribution in [1.82, 2.24) is 5.32 Å². The molecule has 0 saturated carbocycles. The Morgan fingerprint density at radius 3 is 2.67 bits per heavy atom. The molecule has 0 spiro atoms. The van der Waals surface area contributed by atoms with Gasteiger partial charge in [-0.3, -0.25) is 4.79 Å². The van der Waals surface area contributed by atoms with E-state index in [2.05, 4.69) is 18.5 Å². The second kappa shape index (κ2) is 8.16. The molecule has 18 heavy (non-hydrogen) atoms. The zero-order chi connectivity index (χ0) is 13.4. The van der Waals surface area contributed by atoms with Crippen molar-refractivity contribution in [3.8, 4) is 0 Å². The zero-order valence-electron chi connectivity index (χ0n) is 11.1. The maximum absolute atomic E-state index is 11.8. The molecule has 1 amide bonds. The van der Waals surface area contributed by atoms with E-state index in [1.54, 1.807) is 11.8 Å². The van der Waals surface area contributed by atoms with Crippen LogP contribution in [0, 0.1) is 5.92 Å². The lowest BCUT2D eigenvalue weighted by Crippen LogP contribution is -2.43. The molecular formula is C14H22N2OS. The first-order valence-corrected chi connectivity index (χ1v) is 7.59. The Hall–Kier alpha value is -1.00. The Labute approximate surface area is 114 Å². The molecule has 0 aliphatic rings. The molecule has 4 heteroatoms. The fraction of sp³-hybridized carbons (Fsp3) is 0.500. The zero-order valence-corrected chi connectivity index (χ0v) is 11.9. The molecule has 0 saturated heterocycles. The topological polar surface area (TPSA) is 55.1 Å². The highest BCUT2D eigenvalue weighted by Crippen LogP contribution is 2.04. The van der Waals surface area contributed by atoms with Crippen LogP contribution in [0.2, 0.25) is 0 Å². The summed E-state index contributed by atoms with van der Waals surface area (Å²) in [6.07, 6.45) is 2.66. The highest BCUT2D eigenvalue weighted by molar-refractivity contribution is 7.98. The third-order valence-electron chi connectivity index (χ3n) is 2.71. The van der Waals surface area contributed by atoms with Gasteiger partial charge in [0.2, 0.25) is 5.91 Å². The number of carbonyl (C=O) groups excluding carboxylic acids is 1. The molecule has 3 nitrogen and oxygen atoms in total. The molecule has 2 unspecified atom stereocenters. The van der Waals surface area contributed by atoms with E-state index in [1.807, 2.05) is 30.3 Å².